The number of allylic oxidation sites excluding steroid dienone is 4. The van der Waals surface area contributed by atoms with Crippen molar-refractivity contribution in [2.24, 2.45) is 17.6 Å². The minimum absolute atomic E-state index is 0.500. The van der Waals surface area contributed by atoms with E-state index in [0.717, 1.165) is 30.3 Å². The summed E-state index contributed by atoms with van der Waals surface area (Å²) in [5.74, 6) is 2.04. The van der Waals surface area contributed by atoms with Gasteiger partial charge in [-0.25, -0.2) is 0 Å². The molecule has 1 saturated carbocycles. The van der Waals surface area contributed by atoms with Crippen LogP contribution >= 0.6 is 11.3 Å². The molecule has 0 aliphatic heterocycles. The second kappa shape index (κ2) is 22.0. The SMILES string of the molecule is C/C=C(\C(C)=C/N)c1ccc(CC)c(CC)c1.C=C(C)c1sc2c(C)ccc(C)c2c1C.CC.CC1CCC(C)CC1.CF. The molecule has 1 aliphatic rings. The van der Waals surface area contributed by atoms with Crippen LogP contribution in [0.25, 0.3) is 21.2 Å². The van der Waals surface area contributed by atoms with Gasteiger partial charge in [-0.3, -0.25) is 4.39 Å². The van der Waals surface area contributed by atoms with Crippen molar-refractivity contribution in [3.05, 3.63) is 93.0 Å². The van der Waals surface area contributed by atoms with Crippen molar-refractivity contribution in [2.45, 2.75) is 122 Å². The molecule has 0 unspecified atom stereocenters. The van der Waals surface area contributed by atoms with Gasteiger partial charge in [0.15, 0.2) is 0 Å². The average Bonchev–Trinajstić information content (AvgIpc) is 3.41. The van der Waals surface area contributed by atoms with Crippen molar-refractivity contribution in [1.82, 2.24) is 0 Å². The van der Waals surface area contributed by atoms with Crippen molar-refractivity contribution < 1.29 is 4.39 Å². The summed E-state index contributed by atoms with van der Waals surface area (Å²) in [6.45, 7) is 30.0. The number of benzene rings is 2. The lowest BCUT2D eigenvalue weighted by atomic mass is 9.84. The Morgan fingerprint density at radius 2 is 1.39 bits per heavy atom. The number of fused-ring (bicyclic) bond motifs is 1. The van der Waals surface area contributed by atoms with Gasteiger partial charge in [0.2, 0.25) is 0 Å². The first kappa shape index (κ1) is 41.4. The predicted octanol–water partition coefficient (Wildman–Crippen LogP) is 13.4. The Bertz CT molecular complexity index is 1320. The van der Waals surface area contributed by atoms with E-state index in [4.69, 9.17) is 5.73 Å². The molecule has 0 amide bonds. The number of hydrogen-bond donors (Lipinski definition) is 1. The maximum atomic E-state index is 9.50. The van der Waals surface area contributed by atoms with Crippen LogP contribution in [-0.2, 0) is 12.8 Å². The number of alkyl halides is 1. The maximum absolute atomic E-state index is 9.50. The first-order valence-corrected chi connectivity index (χ1v) is 17.5. The summed E-state index contributed by atoms with van der Waals surface area (Å²) >= 11 is 1.87. The molecule has 4 rings (SSSR count). The van der Waals surface area contributed by atoms with Crippen LogP contribution in [0.15, 0.2) is 54.8 Å². The van der Waals surface area contributed by atoms with E-state index in [1.165, 1.54) is 85.2 Å². The predicted molar refractivity (Wildman–Crippen MR) is 203 cm³/mol. The highest BCUT2D eigenvalue weighted by molar-refractivity contribution is 7.20. The van der Waals surface area contributed by atoms with Gasteiger partial charge in [-0.15, -0.1) is 11.3 Å². The molecule has 246 valence electrons. The van der Waals surface area contributed by atoms with Crippen molar-refractivity contribution >= 4 is 32.6 Å². The van der Waals surface area contributed by atoms with Crippen LogP contribution in [0.2, 0.25) is 0 Å². The van der Waals surface area contributed by atoms with E-state index < -0.39 is 0 Å². The standard InChI is InChI=1S/C16H23N.C14H16S.C8H16.C2H6.CH3F/c1-5-13-8-9-15(10-14(13)6-2)16(7-3)12(4)11-17;1-8(2)13-11(5)12-9(3)6-7-10(4)14(12)15-13;1-7-3-5-8(2)6-4-7;2*1-2/h7-11H,5-6,17H2,1-4H3;6-7H,1H2,2-5H3;7-8H,3-6H2,1-2H3;1-2H3;1H3/b12-11-,16-7+;;;;. The van der Waals surface area contributed by atoms with Crippen LogP contribution < -0.4 is 5.73 Å². The normalized spacial score (nSPS) is 16.2. The van der Waals surface area contributed by atoms with E-state index in [0.29, 0.717) is 7.18 Å². The zero-order chi connectivity index (χ0) is 34.0. The number of thiophene rings is 1. The fraction of sp³-hybridized carbons (Fsp3) is 0.512. The summed E-state index contributed by atoms with van der Waals surface area (Å²) in [4.78, 5) is 1.35. The van der Waals surface area contributed by atoms with Gasteiger partial charge in [-0.2, -0.15) is 0 Å². The van der Waals surface area contributed by atoms with Gasteiger partial charge in [0.1, 0.15) is 0 Å². The van der Waals surface area contributed by atoms with Crippen molar-refractivity contribution in [3.63, 3.8) is 0 Å². The van der Waals surface area contributed by atoms with Gasteiger partial charge in [0.05, 0.1) is 7.18 Å². The third-order valence-electron chi connectivity index (χ3n) is 8.42. The second-order valence-electron chi connectivity index (χ2n) is 11.8. The molecule has 1 nitrogen and oxygen atoms in total. The number of rotatable bonds is 5. The number of halogens is 1. The third-order valence-corrected chi connectivity index (χ3v) is 10.0. The van der Waals surface area contributed by atoms with Crippen molar-refractivity contribution in [3.8, 4) is 0 Å². The van der Waals surface area contributed by atoms with E-state index >= 15 is 0 Å². The zero-order valence-electron chi connectivity index (χ0n) is 30.5. The molecular weight excluding hydrogens is 558 g/mol. The molecule has 2 aromatic carbocycles. The van der Waals surface area contributed by atoms with Gasteiger partial charge in [0.25, 0.3) is 0 Å². The van der Waals surface area contributed by atoms with Gasteiger partial charge >= 0.3 is 0 Å². The first-order valence-electron chi connectivity index (χ1n) is 16.7. The molecule has 1 aliphatic carbocycles. The van der Waals surface area contributed by atoms with E-state index in [2.05, 4.69) is 112 Å². The highest BCUT2D eigenvalue weighted by Gasteiger charge is 2.13. The van der Waals surface area contributed by atoms with Crippen LogP contribution in [0.1, 0.15) is 126 Å². The van der Waals surface area contributed by atoms with Crippen LogP contribution in [0.3, 0.4) is 0 Å². The minimum Gasteiger partial charge on any atom is -0.404 e. The highest BCUT2D eigenvalue weighted by atomic mass is 32.1. The average molecular weight is 622 g/mol. The Morgan fingerprint density at radius 3 is 1.80 bits per heavy atom. The van der Waals surface area contributed by atoms with Crippen LogP contribution in [-0.4, -0.2) is 7.18 Å². The Hall–Kier alpha value is -2.65. The fourth-order valence-corrected chi connectivity index (χ4v) is 6.97. The summed E-state index contributed by atoms with van der Waals surface area (Å²) in [6.07, 6.45) is 11.9. The monoisotopic (exact) mass is 621 g/mol. The number of nitrogens with two attached hydrogens (primary N) is 1. The smallest absolute Gasteiger partial charge is 0.0785 e. The number of hydrogen-bond acceptors (Lipinski definition) is 2. The topological polar surface area (TPSA) is 26.0 Å². The van der Waals surface area contributed by atoms with Gasteiger partial charge in [-0.1, -0.05) is 110 Å². The zero-order valence-corrected chi connectivity index (χ0v) is 31.3. The molecule has 0 saturated heterocycles. The Kier molecular flexibility index (Phi) is 20.6. The molecule has 3 aromatic rings. The van der Waals surface area contributed by atoms with E-state index in [9.17, 15) is 4.39 Å². The van der Waals surface area contributed by atoms with E-state index in [-0.39, 0.29) is 0 Å². The summed E-state index contributed by atoms with van der Waals surface area (Å²) in [5.41, 5.74) is 17.4. The van der Waals surface area contributed by atoms with Gasteiger partial charge < -0.3 is 5.73 Å². The highest BCUT2D eigenvalue weighted by Crippen LogP contribution is 2.38. The summed E-state index contributed by atoms with van der Waals surface area (Å²) < 4.78 is 10.9. The lowest BCUT2D eigenvalue weighted by molar-refractivity contribution is 0.308. The number of aryl methyl sites for hydroxylation is 5. The second-order valence-corrected chi connectivity index (χ2v) is 12.9. The molecule has 3 heteroatoms. The maximum Gasteiger partial charge on any atom is 0.0785 e. The van der Waals surface area contributed by atoms with Crippen molar-refractivity contribution in [2.75, 3.05) is 7.18 Å². The lowest BCUT2D eigenvalue weighted by Crippen LogP contribution is -2.08. The Labute approximate surface area is 275 Å². The minimum atomic E-state index is 0.500. The molecule has 0 radical (unpaired) electrons. The van der Waals surface area contributed by atoms with Crippen LogP contribution in [0.5, 0.6) is 0 Å². The summed E-state index contributed by atoms with van der Waals surface area (Å²) in [6, 6.07) is 11.1. The first-order chi connectivity index (χ1) is 21.0. The molecule has 44 heavy (non-hydrogen) atoms. The molecule has 1 heterocycles. The third kappa shape index (κ3) is 12.0. The lowest BCUT2D eigenvalue weighted by Gasteiger charge is -2.22. The molecule has 1 aromatic heterocycles. The van der Waals surface area contributed by atoms with Crippen LogP contribution in [0.4, 0.5) is 4.39 Å². The Balaban J connectivity index is 0.000000624. The fourth-order valence-electron chi connectivity index (χ4n) is 5.69. The summed E-state index contributed by atoms with van der Waals surface area (Å²) in [5, 5.41) is 1.43. The van der Waals surface area contributed by atoms with E-state index in [1.807, 2.05) is 25.2 Å². The largest absolute Gasteiger partial charge is 0.404 e. The molecule has 0 bridgehead atoms. The molecule has 0 spiro atoms. The molecule has 2 N–H and O–H groups in total. The molecular formula is C41H64FNS. The molecule has 1 fully saturated rings. The quantitative estimate of drug-likeness (QED) is 0.282. The van der Waals surface area contributed by atoms with Gasteiger partial charge in [-0.05, 0) is 128 Å². The summed E-state index contributed by atoms with van der Waals surface area (Å²) in [7, 11) is 0.500. The molecule has 0 atom stereocenters. The van der Waals surface area contributed by atoms with Crippen LogP contribution in [0, 0.1) is 32.6 Å². The van der Waals surface area contributed by atoms with E-state index in [1.54, 1.807) is 6.20 Å². The van der Waals surface area contributed by atoms with Gasteiger partial charge in [0, 0.05) is 9.58 Å². The Morgan fingerprint density at radius 1 is 0.886 bits per heavy atom. The van der Waals surface area contributed by atoms with Crippen molar-refractivity contribution in [1.29, 1.82) is 0 Å².